The van der Waals surface area contributed by atoms with Crippen molar-refractivity contribution in [2.24, 2.45) is 51.2 Å². The van der Waals surface area contributed by atoms with Crippen LogP contribution in [0.25, 0.3) is 22.1 Å². The van der Waals surface area contributed by atoms with E-state index in [1.165, 1.54) is 110 Å². The number of fused-ring (bicyclic) bond motifs is 10. The third-order valence-corrected chi connectivity index (χ3v) is 19.8. The zero-order valence-corrected chi connectivity index (χ0v) is 47.0. The van der Waals surface area contributed by atoms with Gasteiger partial charge in [-0.1, -0.05) is 92.4 Å². The number of rotatable bonds is 14. The van der Waals surface area contributed by atoms with E-state index in [2.05, 4.69) is 30.1 Å². The van der Waals surface area contributed by atoms with Gasteiger partial charge in [0.15, 0.2) is 29.4 Å². The lowest BCUT2D eigenvalue weighted by atomic mass is 9.68. The molecule has 3 amide bonds. The number of carboxylic acid groups (broad SMARTS) is 1. The average Bonchev–Trinajstić information content (AvgIpc) is 3.77. The van der Waals surface area contributed by atoms with Gasteiger partial charge in [0, 0.05) is 48.3 Å². The van der Waals surface area contributed by atoms with Crippen LogP contribution in [0.1, 0.15) is 185 Å². The van der Waals surface area contributed by atoms with Gasteiger partial charge in [0.1, 0.15) is 0 Å². The van der Waals surface area contributed by atoms with Crippen molar-refractivity contribution in [3.8, 4) is 0 Å². The minimum absolute atomic E-state index is 0.0303. The van der Waals surface area contributed by atoms with Gasteiger partial charge in [-0.05, 0) is 152 Å². The number of carbonyl (C=O) groups is 4. The van der Waals surface area contributed by atoms with Crippen molar-refractivity contribution in [1.82, 2.24) is 28.9 Å². The summed E-state index contributed by atoms with van der Waals surface area (Å²) < 4.78 is 3.60. The summed E-state index contributed by atoms with van der Waals surface area (Å²) in [6.45, 7) is 2.06. The summed E-state index contributed by atoms with van der Waals surface area (Å²) in [5, 5.41) is 16.9. The minimum Gasteiger partial charge on any atom is -0.478 e. The van der Waals surface area contributed by atoms with Gasteiger partial charge >= 0.3 is 5.97 Å². The van der Waals surface area contributed by atoms with E-state index in [4.69, 9.17) is 26.9 Å². The highest BCUT2D eigenvalue weighted by Gasteiger charge is 2.48. The number of piperidine rings is 4. The molecule has 4 aromatic rings. The number of hydrogen-bond acceptors (Lipinski definition) is 14. The van der Waals surface area contributed by atoms with Crippen molar-refractivity contribution in [2.75, 3.05) is 6.61 Å². The van der Waals surface area contributed by atoms with E-state index in [1.807, 2.05) is 47.0 Å². The second kappa shape index (κ2) is 23.7. The fourth-order valence-electron chi connectivity index (χ4n) is 16.6. The number of nitrogens with two attached hydrogens (primary N) is 3. The van der Waals surface area contributed by atoms with Gasteiger partial charge in [-0.15, -0.1) is 0 Å². The molecule has 2 aromatic heterocycles. The largest absolute Gasteiger partial charge is 0.478 e. The molecule has 2 aromatic carbocycles. The van der Waals surface area contributed by atoms with Gasteiger partial charge in [-0.25, -0.2) is 14.8 Å². The lowest BCUT2D eigenvalue weighted by Crippen LogP contribution is -2.58. The van der Waals surface area contributed by atoms with Gasteiger partial charge < -0.3 is 41.1 Å². The molecule has 8 fully saturated rings. The molecule has 7 N–H and O–H groups in total. The first-order valence-electron chi connectivity index (χ1n) is 30.2. The normalized spacial score (nSPS) is 30.8. The molecule has 434 valence electrons. The Bertz CT molecular complexity index is 3170. The zero-order chi connectivity index (χ0) is 56.7. The molecule has 8 aliphatic rings. The third-order valence-electron chi connectivity index (χ3n) is 19.8. The van der Waals surface area contributed by atoms with Gasteiger partial charge in [-0.3, -0.25) is 33.8 Å². The summed E-state index contributed by atoms with van der Waals surface area (Å²) in [4.78, 5) is 100. The molecule has 4 saturated carbocycles. The van der Waals surface area contributed by atoms with Crippen molar-refractivity contribution in [2.45, 2.75) is 215 Å². The average molecular weight is 1110 g/mol. The van der Waals surface area contributed by atoms with Crippen molar-refractivity contribution >= 4 is 57.2 Å². The Morgan fingerprint density at radius 1 is 0.531 bits per heavy atom. The van der Waals surface area contributed by atoms with E-state index in [-0.39, 0.29) is 23.5 Å². The topological polar surface area (TPSA) is 286 Å². The lowest BCUT2D eigenvalue weighted by Gasteiger charge is -2.55. The van der Waals surface area contributed by atoms with Crippen molar-refractivity contribution < 1.29 is 34.0 Å². The monoisotopic (exact) mass is 1110 g/mol. The molecule has 0 radical (unpaired) electrons. The van der Waals surface area contributed by atoms with Gasteiger partial charge in [0.05, 0.1) is 22.1 Å². The highest BCUT2D eigenvalue weighted by molar-refractivity contribution is 6.44. The molecule has 6 unspecified atom stereocenters. The van der Waals surface area contributed by atoms with Crippen LogP contribution in [0.15, 0.2) is 68.4 Å². The fourth-order valence-corrected chi connectivity index (χ4v) is 16.6. The van der Waals surface area contributed by atoms with Crippen LogP contribution < -0.4 is 28.3 Å². The summed E-state index contributed by atoms with van der Waals surface area (Å²) >= 11 is 0. The number of carboxylic acids is 1. The van der Waals surface area contributed by atoms with E-state index in [1.54, 1.807) is 10.6 Å². The first kappa shape index (κ1) is 56.3. The summed E-state index contributed by atoms with van der Waals surface area (Å²) in [6, 6.07) is 17.8. The minimum atomic E-state index is -1.72. The Kier molecular flexibility index (Phi) is 16.5. The Hall–Kier alpha value is -6.54. The number of benzene rings is 2. The predicted molar refractivity (Wildman–Crippen MR) is 306 cm³/mol. The molecular weight excluding hydrogens is 1030 g/mol. The molecule has 4 aliphatic heterocycles. The molecule has 81 heavy (non-hydrogen) atoms. The lowest BCUT2D eigenvalue weighted by molar-refractivity contribution is -0.161. The molecule has 10 atom stereocenters. The maximum absolute atomic E-state index is 14.1. The third kappa shape index (κ3) is 11.8. The van der Waals surface area contributed by atoms with Gasteiger partial charge in [-0.2, -0.15) is 0 Å². The van der Waals surface area contributed by atoms with Crippen LogP contribution in [0.4, 0.5) is 0 Å². The number of carbonyl (C=O) groups excluding carboxylic acids is 3. The molecule has 4 saturated heterocycles. The Morgan fingerprint density at radius 3 is 1.31 bits per heavy atom. The summed E-state index contributed by atoms with van der Waals surface area (Å²) in [5.74, 6) is -0.542. The van der Waals surface area contributed by atoms with E-state index in [9.17, 15) is 33.9 Å². The van der Waals surface area contributed by atoms with Crippen LogP contribution >= 0.6 is 0 Å². The first-order valence-corrected chi connectivity index (χ1v) is 30.2. The number of hydrogen-bond donors (Lipinski definition) is 4. The van der Waals surface area contributed by atoms with Crippen molar-refractivity contribution in [3.63, 3.8) is 0 Å². The van der Waals surface area contributed by atoms with Crippen LogP contribution in [0, 0.1) is 23.7 Å². The number of para-hydroxylation sites is 4. The van der Waals surface area contributed by atoms with E-state index in [0.717, 1.165) is 80.6 Å². The summed E-state index contributed by atoms with van der Waals surface area (Å²) in [5.41, 5.74) is 15.0. The highest BCUT2D eigenvalue weighted by atomic mass is 16.7. The fraction of sp³-hybridized carbons (Fsp3) is 0.639. The van der Waals surface area contributed by atoms with Crippen LogP contribution in [0.3, 0.4) is 0 Å². The van der Waals surface area contributed by atoms with Crippen LogP contribution in [0.5, 0.6) is 0 Å². The number of aromatic nitrogens is 4. The second-order valence-corrected chi connectivity index (χ2v) is 25.5. The Morgan fingerprint density at radius 2 is 0.914 bits per heavy atom. The number of oxime groups is 2. The number of nitrogens with zero attached hydrogens (tertiary/aromatic N) is 8. The molecule has 4 aliphatic carbocycles. The van der Waals surface area contributed by atoms with Crippen molar-refractivity contribution in [1.29, 1.82) is 0 Å². The van der Waals surface area contributed by atoms with E-state index in [0.29, 0.717) is 52.8 Å². The van der Waals surface area contributed by atoms with Crippen LogP contribution in [0.2, 0.25) is 0 Å². The predicted octanol–water partition coefficient (Wildman–Crippen LogP) is 7.00. The molecule has 12 rings (SSSR count). The quantitative estimate of drug-likeness (QED) is 0.0732. The Labute approximate surface area is 472 Å². The smallest absolute Gasteiger partial charge is 0.350 e. The maximum Gasteiger partial charge on any atom is 0.350 e. The van der Waals surface area contributed by atoms with Crippen LogP contribution in [-0.2, 0) is 28.9 Å². The molecule has 8 bridgehead atoms. The number of primary amides is 3. The number of aliphatic carboxylic acids is 1. The summed E-state index contributed by atoms with van der Waals surface area (Å²) in [7, 11) is 0. The van der Waals surface area contributed by atoms with E-state index < -0.39 is 58.4 Å². The number of amides is 3. The standard InChI is InChI=1S/C31H41N5O5.C30H40N6O4/c1-31(2,30(39)40)41-34-26(28(32)37)27-29(38)36(25-12-4-3-11-24(25)33-27)23-16-20-9-6-10-21(17-23)35(20)22-14-18-7-5-8-19(13-18)15-22;31-26(37)17-40-34-27(29(32)38)28-30(39)36(25-11-4-3-10-24(25)33-28)23-15-20-8-5-9-21(16-23)35(20)22-13-18-6-1-2-7-19(12-18)14-22/h3-4,11-12,18-23H,5-10,13-17H2,1-2H3,(H2,32,37)(H,39,40);3-4,10-11,18-23H,1-2,5-9,12-17H2,(H2,31,37)(H2,32,38)/b;34-27-/t2*18?,19?,20-,21+,22?,23?. The highest BCUT2D eigenvalue weighted by Crippen LogP contribution is 2.49. The Balaban J connectivity index is 0.000000170. The maximum atomic E-state index is 14.1. The first-order chi connectivity index (χ1) is 39.0. The van der Waals surface area contributed by atoms with Gasteiger partial charge in [0.2, 0.25) is 5.60 Å². The molecule has 20 heteroatoms. The molecule has 6 heterocycles. The van der Waals surface area contributed by atoms with Gasteiger partial charge in [0.25, 0.3) is 28.8 Å². The zero-order valence-electron chi connectivity index (χ0n) is 47.0. The molecular formula is C61H81N11O9. The summed E-state index contributed by atoms with van der Waals surface area (Å²) in [6.07, 6.45) is 28.2. The van der Waals surface area contributed by atoms with Crippen molar-refractivity contribution in [3.05, 3.63) is 80.6 Å². The molecule has 20 nitrogen and oxygen atoms in total. The SMILES string of the molecule is CC(C)(ON=C(C(N)=O)c1nc2ccccc2n(C2C[C@H]3CCC[C@@H](C2)N3C2CC3CCCC(C3)C2)c1=O)C(=O)O.NC(=O)CO/N=C(\C(N)=O)c1nc2ccccc2n(C2C[C@H]3CCC[C@@H](C2)N3C2CC3CCCCC(C3)C2)c1=O. The van der Waals surface area contributed by atoms with Crippen LogP contribution in [-0.4, -0.2) is 118 Å². The molecule has 0 spiro atoms. The second-order valence-electron chi connectivity index (χ2n) is 25.5. The van der Waals surface area contributed by atoms with E-state index >= 15 is 0 Å².